The number of hydrogen-bond donors (Lipinski definition) is 1. The van der Waals surface area contributed by atoms with E-state index in [1.807, 2.05) is 31.2 Å². The number of fused-ring (bicyclic) bond motifs is 1. The van der Waals surface area contributed by atoms with Crippen molar-refractivity contribution in [2.75, 3.05) is 0 Å². The van der Waals surface area contributed by atoms with E-state index in [1.165, 1.54) is 11.8 Å². The molecule has 0 aliphatic carbocycles. The second-order valence-electron chi connectivity index (χ2n) is 4.29. The Morgan fingerprint density at radius 1 is 1.22 bits per heavy atom. The topological polar surface area (TPSA) is 63.6 Å². The van der Waals surface area contributed by atoms with Crippen molar-refractivity contribution in [3.8, 4) is 11.4 Å². The van der Waals surface area contributed by atoms with E-state index < -0.39 is 0 Å². The maximum absolute atomic E-state index is 11.9. The number of H-pyrrole nitrogens is 1. The average molecular weight is 240 g/mol. The zero-order chi connectivity index (χ0) is 12.7. The number of hydrogen-bond acceptors (Lipinski definition) is 3. The minimum Gasteiger partial charge on any atom is -0.306 e. The van der Waals surface area contributed by atoms with Gasteiger partial charge in [-0.15, -0.1) is 0 Å². The van der Waals surface area contributed by atoms with Crippen molar-refractivity contribution >= 4 is 11.0 Å². The van der Waals surface area contributed by atoms with Crippen molar-refractivity contribution in [3.05, 3.63) is 46.4 Å². The number of aromatic nitrogens is 4. The van der Waals surface area contributed by atoms with E-state index in [0.717, 1.165) is 5.56 Å². The normalized spacial score (nSPS) is 11.0. The summed E-state index contributed by atoms with van der Waals surface area (Å²) in [6, 6.07) is 7.86. The molecule has 0 aliphatic rings. The summed E-state index contributed by atoms with van der Waals surface area (Å²) in [7, 11) is 1.77. The Morgan fingerprint density at radius 3 is 2.67 bits per heavy atom. The first-order valence-corrected chi connectivity index (χ1v) is 5.64. The molecule has 0 amide bonds. The van der Waals surface area contributed by atoms with Crippen molar-refractivity contribution in [1.82, 2.24) is 19.7 Å². The Morgan fingerprint density at radius 2 is 1.94 bits per heavy atom. The number of aryl methyl sites for hydroxylation is 2. The molecule has 0 aliphatic heterocycles. The summed E-state index contributed by atoms with van der Waals surface area (Å²) in [5, 5.41) is 4.55. The molecule has 1 aromatic carbocycles. The fraction of sp³-hybridized carbons (Fsp3) is 0.154. The van der Waals surface area contributed by atoms with Gasteiger partial charge in [0.2, 0.25) is 0 Å². The summed E-state index contributed by atoms with van der Waals surface area (Å²) < 4.78 is 1.60. The van der Waals surface area contributed by atoms with Crippen molar-refractivity contribution in [2.24, 2.45) is 7.05 Å². The lowest BCUT2D eigenvalue weighted by molar-refractivity contribution is 0.785. The summed E-state index contributed by atoms with van der Waals surface area (Å²) in [5.41, 5.74) is 2.49. The van der Waals surface area contributed by atoms with Crippen molar-refractivity contribution in [3.63, 3.8) is 0 Å². The van der Waals surface area contributed by atoms with Crippen LogP contribution in [-0.4, -0.2) is 19.7 Å². The lowest BCUT2D eigenvalue weighted by Gasteiger charge is -2.02. The highest BCUT2D eigenvalue weighted by Gasteiger charge is 2.08. The molecule has 0 saturated carbocycles. The molecular weight excluding hydrogens is 228 g/mol. The summed E-state index contributed by atoms with van der Waals surface area (Å²) in [4.78, 5) is 19.1. The summed E-state index contributed by atoms with van der Waals surface area (Å²) in [6.07, 6.45) is 1.53. The molecule has 1 N–H and O–H groups in total. The standard InChI is InChI=1S/C13H12N4O/c1-8-3-5-9(6-4-8)11-15-12-10(13(18)16-11)7-14-17(12)2/h3-7H,1-2H3,(H,15,16,18). The second-order valence-corrected chi connectivity index (χ2v) is 4.29. The molecule has 0 fully saturated rings. The van der Waals surface area contributed by atoms with Crippen LogP contribution in [0, 0.1) is 6.92 Å². The smallest absolute Gasteiger partial charge is 0.262 e. The van der Waals surface area contributed by atoms with E-state index in [9.17, 15) is 4.79 Å². The van der Waals surface area contributed by atoms with Gasteiger partial charge in [0, 0.05) is 12.6 Å². The predicted octanol–water partition coefficient (Wildman–Crippen LogP) is 1.63. The first-order valence-electron chi connectivity index (χ1n) is 5.64. The summed E-state index contributed by atoms with van der Waals surface area (Å²) in [5.74, 6) is 0.566. The maximum atomic E-state index is 11.9. The van der Waals surface area contributed by atoms with E-state index >= 15 is 0 Å². The number of nitrogens with one attached hydrogen (secondary N) is 1. The van der Waals surface area contributed by atoms with E-state index in [-0.39, 0.29) is 5.56 Å². The van der Waals surface area contributed by atoms with Gasteiger partial charge in [-0.3, -0.25) is 9.48 Å². The molecule has 3 aromatic rings. The molecule has 2 heterocycles. The van der Waals surface area contributed by atoms with Gasteiger partial charge in [-0.1, -0.05) is 29.8 Å². The molecule has 0 unspecified atom stereocenters. The Kier molecular flexibility index (Phi) is 2.26. The van der Waals surface area contributed by atoms with Crippen molar-refractivity contribution in [1.29, 1.82) is 0 Å². The van der Waals surface area contributed by atoms with Gasteiger partial charge in [-0.05, 0) is 6.92 Å². The molecule has 0 spiro atoms. The van der Waals surface area contributed by atoms with Gasteiger partial charge in [0.1, 0.15) is 11.2 Å². The number of benzene rings is 1. The average Bonchev–Trinajstić information content (AvgIpc) is 2.73. The van der Waals surface area contributed by atoms with Crippen LogP contribution in [-0.2, 0) is 7.05 Å². The summed E-state index contributed by atoms with van der Waals surface area (Å²) >= 11 is 0. The highest BCUT2D eigenvalue weighted by Crippen LogP contribution is 2.16. The lowest BCUT2D eigenvalue weighted by Crippen LogP contribution is -2.09. The molecule has 3 rings (SSSR count). The maximum Gasteiger partial charge on any atom is 0.262 e. The van der Waals surface area contributed by atoms with Gasteiger partial charge in [0.05, 0.1) is 6.20 Å². The fourth-order valence-corrected chi connectivity index (χ4v) is 1.88. The van der Waals surface area contributed by atoms with Crippen LogP contribution in [0.25, 0.3) is 22.4 Å². The van der Waals surface area contributed by atoms with Gasteiger partial charge >= 0.3 is 0 Å². The number of rotatable bonds is 1. The largest absolute Gasteiger partial charge is 0.306 e. The SMILES string of the molecule is Cc1ccc(-c2nc3c(cnn3C)c(=O)[nH]2)cc1. The van der Waals surface area contributed by atoms with Crippen LogP contribution in [0.3, 0.4) is 0 Å². The highest BCUT2D eigenvalue weighted by molar-refractivity contribution is 5.75. The fourth-order valence-electron chi connectivity index (χ4n) is 1.88. The molecule has 0 bridgehead atoms. The van der Waals surface area contributed by atoms with Crippen LogP contribution in [0.1, 0.15) is 5.56 Å². The van der Waals surface area contributed by atoms with E-state index in [4.69, 9.17) is 0 Å². The van der Waals surface area contributed by atoms with Crippen LogP contribution >= 0.6 is 0 Å². The van der Waals surface area contributed by atoms with Crippen LogP contribution in [0.4, 0.5) is 0 Å². The first-order chi connectivity index (χ1) is 8.65. The van der Waals surface area contributed by atoms with Gasteiger partial charge in [0.25, 0.3) is 5.56 Å². The molecule has 0 radical (unpaired) electrons. The first kappa shape index (κ1) is 10.7. The Bertz CT molecular complexity index is 768. The molecule has 90 valence electrons. The Balaban J connectivity index is 2.26. The van der Waals surface area contributed by atoms with E-state index in [0.29, 0.717) is 16.9 Å². The quantitative estimate of drug-likeness (QED) is 0.703. The van der Waals surface area contributed by atoms with Crippen LogP contribution in [0.2, 0.25) is 0 Å². The predicted molar refractivity (Wildman–Crippen MR) is 69.3 cm³/mol. The van der Waals surface area contributed by atoms with Gasteiger partial charge in [0.15, 0.2) is 5.65 Å². The Hall–Kier alpha value is -2.43. The van der Waals surface area contributed by atoms with Gasteiger partial charge < -0.3 is 4.98 Å². The van der Waals surface area contributed by atoms with E-state index in [2.05, 4.69) is 15.1 Å². The van der Waals surface area contributed by atoms with E-state index in [1.54, 1.807) is 11.7 Å². The van der Waals surface area contributed by atoms with Gasteiger partial charge in [-0.25, -0.2) is 4.98 Å². The van der Waals surface area contributed by atoms with Crippen LogP contribution in [0.5, 0.6) is 0 Å². The molecule has 5 nitrogen and oxygen atoms in total. The molecular formula is C13H12N4O. The molecule has 2 aromatic heterocycles. The van der Waals surface area contributed by atoms with Crippen molar-refractivity contribution in [2.45, 2.75) is 6.92 Å². The summed E-state index contributed by atoms with van der Waals surface area (Å²) in [6.45, 7) is 2.02. The number of nitrogens with zero attached hydrogens (tertiary/aromatic N) is 3. The Labute approximate surface area is 103 Å². The number of aromatic amines is 1. The zero-order valence-electron chi connectivity index (χ0n) is 10.1. The van der Waals surface area contributed by atoms with Crippen molar-refractivity contribution < 1.29 is 0 Å². The molecule has 0 saturated heterocycles. The molecule has 5 heteroatoms. The van der Waals surface area contributed by atoms with Gasteiger partial charge in [-0.2, -0.15) is 5.10 Å². The van der Waals surface area contributed by atoms with Crippen LogP contribution < -0.4 is 5.56 Å². The molecule has 0 atom stereocenters. The second kappa shape index (κ2) is 3.80. The third kappa shape index (κ3) is 1.60. The highest BCUT2D eigenvalue weighted by atomic mass is 16.1. The monoisotopic (exact) mass is 240 g/mol. The lowest BCUT2D eigenvalue weighted by atomic mass is 10.1. The molecule has 18 heavy (non-hydrogen) atoms. The minimum atomic E-state index is -0.163. The third-order valence-electron chi connectivity index (χ3n) is 2.93. The van der Waals surface area contributed by atoms with Crippen LogP contribution in [0.15, 0.2) is 35.3 Å². The zero-order valence-corrected chi connectivity index (χ0v) is 10.1. The third-order valence-corrected chi connectivity index (χ3v) is 2.93. The minimum absolute atomic E-state index is 0.163.